The second-order valence-electron chi connectivity index (χ2n) is 9.58. The van der Waals surface area contributed by atoms with Crippen LogP contribution in [0, 0.1) is 0 Å². The molecule has 4 rings (SSSR count). The number of aliphatic hydroxyl groups is 1. The van der Waals surface area contributed by atoms with Crippen molar-refractivity contribution >= 4 is 33.5 Å². The van der Waals surface area contributed by atoms with Crippen molar-refractivity contribution in [3.8, 4) is 22.6 Å². The van der Waals surface area contributed by atoms with Gasteiger partial charge < -0.3 is 19.3 Å². The summed E-state index contributed by atoms with van der Waals surface area (Å²) in [6.07, 6.45) is 3.13. The van der Waals surface area contributed by atoms with Gasteiger partial charge in [0.2, 0.25) is 0 Å². The molecule has 1 heterocycles. The van der Waals surface area contributed by atoms with Crippen molar-refractivity contribution in [2.45, 2.75) is 45.8 Å². The average Bonchev–Trinajstić information content (AvgIpc) is 2.97. The molecule has 9 heteroatoms. The van der Waals surface area contributed by atoms with Gasteiger partial charge in [0.25, 0.3) is 0 Å². The number of nitrogens with one attached hydrogen (secondary N) is 1. The van der Waals surface area contributed by atoms with Gasteiger partial charge in [-0.1, -0.05) is 66.2 Å². The molecule has 1 aromatic heterocycles. The number of esters is 1. The third-order valence-electron chi connectivity index (χ3n) is 6.14. The van der Waals surface area contributed by atoms with Crippen LogP contribution in [0.15, 0.2) is 89.7 Å². The van der Waals surface area contributed by atoms with Crippen molar-refractivity contribution < 1.29 is 24.1 Å². The van der Waals surface area contributed by atoms with Crippen molar-refractivity contribution in [2.24, 2.45) is 0 Å². The van der Waals surface area contributed by atoms with E-state index < -0.39 is 18.6 Å². The number of aliphatic hydroxyl groups excluding tert-OH is 1. The van der Waals surface area contributed by atoms with E-state index >= 15 is 0 Å². The van der Waals surface area contributed by atoms with Crippen LogP contribution < -0.4 is 14.8 Å². The molecule has 0 amide bonds. The summed E-state index contributed by atoms with van der Waals surface area (Å²) in [7, 11) is 0. The summed E-state index contributed by atoms with van der Waals surface area (Å²) < 4.78 is 18.5. The molecule has 0 saturated carbocycles. The zero-order valence-corrected chi connectivity index (χ0v) is 25.2. The predicted octanol–water partition coefficient (Wildman–Crippen LogP) is 6.72. The largest absolute Gasteiger partial charge is 0.488 e. The number of carbonyl (C=O) groups is 1. The zero-order chi connectivity index (χ0) is 29.2. The molecule has 3 aromatic carbocycles. The van der Waals surface area contributed by atoms with Crippen LogP contribution in [0.4, 0.5) is 0 Å². The molecular formula is C32H32BrClN2O5. The highest BCUT2D eigenvalue weighted by Gasteiger charge is 2.21. The molecule has 0 radical (unpaired) electrons. The Morgan fingerprint density at radius 3 is 2.46 bits per heavy atom. The smallest absolute Gasteiger partial charge is 0.325 e. The van der Waals surface area contributed by atoms with Gasteiger partial charge in [0, 0.05) is 46.2 Å². The van der Waals surface area contributed by atoms with Crippen LogP contribution in [0.25, 0.3) is 11.1 Å². The molecule has 0 spiro atoms. The van der Waals surface area contributed by atoms with Crippen LogP contribution in [-0.4, -0.2) is 34.8 Å². The fourth-order valence-corrected chi connectivity index (χ4v) is 4.91. The quantitative estimate of drug-likeness (QED) is 0.157. The maximum absolute atomic E-state index is 12.4. The van der Waals surface area contributed by atoms with E-state index in [0.717, 1.165) is 26.7 Å². The van der Waals surface area contributed by atoms with Gasteiger partial charge in [0.1, 0.15) is 30.8 Å². The minimum Gasteiger partial charge on any atom is -0.488 e. The maximum Gasteiger partial charge on any atom is 0.325 e. The van der Waals surface area contributed by atoms with E-state index in [-0.39, 0.29) is 25.9 Å². The van der Waals surface area contributed by atoms with Gasteiger partial charge in [-0.25, -0.2) is 0 Å². The van der Waals surface area contributed by atoms with Crippen molar-refractivity contribution in [3.63, 3.8) is 0 Å². The predicted molar refractivity (Wildman–Crippen MR) is 163 cm³/mol. The molecule has 0 aliphatic rings. The molecule has 2 N–H and O–H groups in total. The highest BCUT2D eigenvalue weighted by molar-refractivity contribution is 9.10. The minimum atomic E-state index is -0.896. The Bertz CT molecular complexity index is 1440. The van der Waals surface area contributed by atoms with E-state index in [1.54, 1.807) is 38.4 Å². The van der Waals surface area contributed by atoms with E-state index in [4.69, 9.17) is 25.8 Å². The fraction of sp³-hybridized carbons (Fsp3) is 0.250. The molecule has 0 aliphatic carbocycles. The summed E-state index contributed by atoms with van der Waals surface area (Å²) in [6, 6.07) is 22.5. The van der Waals surface area contributed by atoms with Crippen molar-refractivity contribution in [2.75, 3.05) is 6.61 Å². The molecule has 4 aromatic rings. The number of pyridine rings is 1. The first-order valence-electron chi connectivity index (χ1n) is 13.2. The first kappa shape index (κ1) is 30.5. The summed E-state index contributed by atoms with van der Waals surface area (Å²) in [5.74, 6) is 0.438. The SMILES string of the molecule is CC(C)OC(=O)[C@H](CO)NCc1cc(Cl)c(OCc2cccc(-c3ccccc3)c2Br)cc1OCc1cccnc1. The van der Waals surface area contributed by atoms with Gasteiger partial charge in [-0.2, -0.15) is 0 Å². The van der Waals surface area contributed by atoms with Gasteiger partial charge in [0.15, 0.2) is 0 Å². The lowest BCUT2D eigenvalue weighted by atomic mass is 10.0. The van der Waals surface area contributed by atoms with E-state index in [1.165, 1.54) is 0 Å². The van der Waals surface area contributed by atoms with Crippen molar-refractivity contribution in [1.82, 2.24) is 10.3 Å². The monoisotopic (exact) mass is 638 g/mol. The lowest BCUT2D eigenvalue weighted by Crippen LogP contribution is -2.41. The number of halogens is 2. The molecule has 0 aliphatic heterocycles. The third-order valence-corrected chi connectivity index (χ3v) is 7.37. The molecule has 0 unspecified atom stereocenters. The normalized spacial score (nSPS) is 11.8. The van der Waals surface area contributed by atoms with Crippen LogP contribution in [0.1, 0.15) is 30.5 Å². The van der Waals surface area contributed by atoms with Gasteiger partial charge in [-0.05, 0) is 53.0 Å². The van der Waals surface area contributed by atoms with Crippen molar-refractivity contribution in [3.05, 3.63) is 111 Å². The summed E-state index contributed by atoms with van der Waals surface area (Å²) in [6.45, 7) is 3.84. The Morgan fingerprint density at radius 2 is 1.76 bits per heavy atom. The van der Waals surface area contributed by atoms with Crippen LogP contribution in [0.5, 0.6) is 11.5 Å². The lowest BCUT2D eigenvalue weighted by Gasteiger charge is -2.20. The summed E-state index contributed by atoms with van der Waals surface area (Å²) in [5, 5.41) is 13.2. The number of nitrogens with zero attached hydrogens (tertiary/aromatic N) is 1. The molecule has 1 atom stereocenters. The Labute approximate surface area is 253 Å². The first-order valence-corrected chi connectivity index (χ1v) is 14.4. The molecule has 0 bridgehead atoms. The lowest BCUT2D eigenvalue weighted by molar-refractivity contribution is -0.151. The number of rotatable bonds is 13. The Balaban J connectivity index is 1.55. The Morgan fingerprint density at radius 1 is 0.976 bits per heavy atom. The summed E-state index contributed by atoms with van der Waals surface area (Å²) >= 11 is 10.4. The van der Waals surface area contributed by atoms with E-state index in [1.807, 2.05) is 42.5 Å². The van der Waals surface area contributed by atoms with Crippen LogP contribution in [0.2, 0.25) is 5.02 Å². The second kappa shape index (κ2) is 15.0. The number of benzene rings is 3. The highest BCUT2D eigenvalue weighted by Crippen LogP contribution is 2.36. The number of carbonyl (C=O) groups excluding carboxylic acids is 1. The highest BCUT2D eigenvalue weighted by atomic mass is 79.9. The maximum atomic E-state index is 12.4. The van der Waals surface area contributed by atoms with Gasteiger partial charge in [-0.3, -0.25) is 15.1 Å². The first-order chi connectivity index (χ1) is 19.9. The Hall–Kier alpha value is -3.43. The molecule has 7 nitrogen and oxygen atoms in total. The average molecular weight is 640 g/mol. The minimum absolute atomic E-state index is 0.200. The van der Waals surface area contributed by atoms with Crippen LogP contribution in [-0.2, 0) is 29.3 Å². The molecule has 0 saturated heterocycles. The summed E-state index contributed by atoms with van der Waals surface area (Å²) in [5.41, 5.74) is 4.70. The number of aromatic nitrogens is 1. The summed E-state index contributed by atoms with van der Waals surface area (Å²) in [4.78, 5) is 16.5. The van der Waals surface area contributed by atoms with Gasteiger partial charge in [0.05, 0.1) is 17.7 Å². The number of hydrogen-bond donors (Lipinski definition) is 2. The zero-order valence-electron chi connectivity index (χ0n) is 22.8. The molecular weight excluding hydrogens is 608 g/mol. The van der Waals surface area contributed by atoms with Gasteiger partial charge >= 0.3 is 5.97 Å². The fourth-order valence-electron chi connectivity index (χ4n) is 4.06. The molecule has 41 heavy (non-hydrogen) atoms. The molecule has 0 fully saturated rings. The van der Waals surface area contributed by atoms with E-state index in [2.05, 4.69) is 44.4 Å². The van der Waals surface area contributed by atoms with Crippen LogP contribution in [0.3, 0.4) is 0 Å². The van der Waals surface area contributed by atoms with Crippen LogP contribution >= 0.6 is 27.5 Å². The van der Waals surface area contributed by atoms with Gasteiger partial charge in [-0.15, -0.1) is 0 Å². The van der Waals surface area contributed by atoms with E-state index in [9.17, 15) is 9.90 Å². The molecule has 214 valence electrons. The standard InChI is InChI=1S/C32H32BrClN2O5/c1-21(2)41-32(38)28(18-37)36-17-25-14-27(34)30(15-29(25)39-19-22-8-7-13-35-16-22)40-20-24-11-6-12-26(31(24)33)23-9-4-3-5-10-23/h3-16,21,28,36-37H,17-20H2,1-2H3/t28-/m0/s1. The number of hydrogen-bond acceptors (Lipinski definition) is 7. The van der Waals surface area contributed by atoms with E-state index in [0.29, 0.717) is 22.1 Å². The third kappa shape index (κ3) is 8.53. The van der Waals surface area contributed by atoms with Crippen molar-refractivity contribution in [1.29, 1.82) is 0 Å². The second-order valence-corrected chi connectivity index (χ2v) is 10.8. The Kier molecular flexibility index (Phi) is 11.2. The topological polar surface area (TPSA) is 89.9 Å². The number of ether oxygens (including phenoxy) is 3.